The summed E-state index contributed by atoms with van der Waals surface area (Å²) in [5, 5.41) is 17.7. The van der Waals surface area contributed by atoms with Crippen LogP contribution in [-0.2, 0) is 6.61 Å². The van der Waals surface area contributed by atoms with Gasteiger partial charge >= 0.3 is 0 Å². The maximum atomic E-state index is 9.15. The lowest BCUT2D eigenvalue weighted by Gasteiger charge is -2.18. The first kappa shape index (κ1) is 16.5. The van der Waals surface area contributed by atoms with Crippen LogP contribution in [0.5, 0.6) is 0 Å². The van der Waals surface area contributed by atoms with Crippen LogP contribution in [0.25, 0.3) is 22.5 Å². The van der Waals surface area contributed by atoms with Gasteiger partial charge in [-0.15, -0.1) is 5.10 Å². The fraction of sp³-hybridized carbons (Fsp3) is 0.316. The zero-order valence-corrected chi connectivity index (χ0v) is 15.0. The first-order chi connectivity index (χ1) is 12.5. The summed E-state index contributed by atoms with van der Waals surface area (Å²) in [4.78, 5) is 8.17. The first-order valence-corrected chi connectivity index (χ1v) is 8.63. The Morgan fingerprint density at radius 2 is 2.08 bits per heavy atom. The summed E-state index contributed by atoms with van der Waals surface area (Å²) in [6.07, 6.45) is 1.85. The number of aliphatic hydroxyl groups excluding tert-OH is 1. The number of furan rings is 1. The topological polar surface area (TPSA) is 92.8 Å². The maximum Gasteiger partial charge on any atom is 0.156 e. The monoisotopic (exact) mass is 351 g/mol. The third-order valence-electron chi connectivity index (χ3n) is 4.43. The predicted molar refractivity (Wildman–Crippen MR) is 97.5 cm³/mol. The Labute approximate surface area is 150 Å². The van der Waals surface area contributed by atoms with Crippen LogP contribution in [0, 0.1) is 12.8 Å². The number of H-pyrrole nitrogens is 1. The second-order valence-corrected chi connectivity index (χ2v) is 6.84. The highest BCUT2D eigenvalue weighted by Gasteiger charge is 2.24. The number of aromatic nitrogens is 5. The van der Waals surface area contributed by atoms with Crippen molar-refractivity contribution in [2.24, 2.45) is 5.92 Å². The van der Waals surface area contributed by atoms with Crippen LogP contribution in [0.15, 0.2) is 40.9 Å². The van der Waals surface area contributed by atoms with Gasteiger partial charge < -0.3 is 14.5 Å². The standard InChI is InChI=1S/C19H21N5O2/c1-11(2)18(19-20-14-6-4-12(3)8-15(14)21-19)24-9-16(22-23-24)17-7-5-13(10-25)26-17/h4-9,11,18,25H,10H2,1-3H3,(H,20,21)/t18-/m1/s1. The Bertz CT molecular complexity index is 1040. The van der Waals surface area contributed by atoms with Gasteiger partial charge in [-0.25, -0.2) is 9.67 Å². The number of hydrogen-bond acceptors (Lipinski definition) is 5. The summed E-state index contributed by atoms with van der Waals surface area (Å²) in [5.41, 5.74) is 3.77. The molecule has 2 N–H and O–H groups in total. The van der Waals surface area contributed by atoms with Gasteiger partial charge in [0.25, 0.3) is 0 Å². The molecule has 0 bridgehead atoms. The predicted octanol–water partition coefficient (Wildman–Crippen LogP) is 3.46. The van der Waals surface area contributed by atoms with E-state index in [0.29, 0.717) is 17.2 Å². The van der Waals surface area contributed by atoms with Crippen molar-refractivity contribution in [1.82, 2.24) is 25.0 Å². The molecular formula is C19H21N5O2. The Balaban J connectivity index is 1.72. The number of aryl methyl sites for hydroxylation is 1. The molecule has 0 aliphatic rings. The van der Waals surface area contributed by atoms with E-state index >= 15 is 0 Å². The number of aliphatic hydroxyl groups is 1. The summed E-state index contributed by atoms with van der Waals surface area (Å²) in [5.74, 6) is 2.20. The van der Waals surface area contributed by atoms with Crippen molar-refractivity contribution >= 4 is 11.0 Å². The number of nitrogens with one attached hydrogen (secondary N) is 1. The third-order valence-corrected chi connectivity index (χ3v) is 4.43. The average Bonchev–Trinajstić information content (AvgIpc) is 3.33. The minimum absolute atomic E-state index is 0.0729. The van der Waals surface area contributed by atoms with Crippen LogP contribution in [0.1, 0.15) is 37.0 Å². The highest BCUT2D eigenvalue weighted by atomic mass is 16.4. The second-order valence-electron chi connectivity index (χ2n) is 6.84. The number of imidazole rings is 1. The van der Waals surface area contributed by atoms with Crippen LogP contribution >= 0.6 is 0 Å². The smallest absolute Gasteiger partial charge is 0.156 e. The van der Waals surface area contributed by atoms with Gasteiger partial charge in [0.1, 0.15) is 29.9 Å². The highest BCUT2D eigenvalue weighted by molar-refractivity contribution is 5.75. The lowest BCUT2D eigenvalue weighted by Crippen LogP contribution is -2.18. The van der Waals surface area contributed by atoms with Gasteiger partial charge in [0.2, 0.25) is 0 Å². The van der Waals surface area contributed by atoms with Crippen molar-refractivity contribution in [2.75, 3.05) is 0 Å². The number of rotatable bonds is 5. The van der Waals surface area contributed by atoms with Crippen molar-refractivity contribution in [1.29, 1.82) is 0 Å². The molecule has 0 radical (unpaired) electrons. The number of hydrogen-bond donors (Lipinski definition) is 2. The molecule has 0 saturated carbocycles. The molecule has 0 saturated heterocycles. The lowest BCUT2D eigenvalue weighted by atomic mass is 10.0. The molecule has 7 heteroatoms. The van der Waals surface area contributed by atoms with E-state index in [-0.39, 0.29) is 18.6 Å². The number of nitrogens with zero attached hydrogens (tertiary/aromatic N) is 4. The molecule has 0 spiro atoms. The Hall–Kier alpha value is -2.93. The van der Waals surface area contributed by atoms with Gasteiger partial charge in [0, 0.05) is 0 Å². The molecule has 134 valence electrons. The maximum absolute atomic E-state index is 9.15. The van der Waals surface area contributed by atoms with Crippen LogP contribution < -0.4 is 0 Å². The molecule has 7 nitrogen and oxygen atoms in total. The van der Waals surface area contributed by atoms with Crippen LogP contribution in [-0.4, -0.2) is 30.1 Å². The van der Waals surface area contributed by atoms with E-state index in [9.17, 15) is 0 Å². The summed E-state index contributed by atoms with van der Waals surface area (Å²) < 4.78 is 7.36. The van der Waals surface area contributed by atoms with Gasteiger partial charge in [-0.3, -0.25) is 0 Å². The first-order valence-electron chi connectivity index (χ1n) is 8.63. The Morgan fingerprint density at radius 3 is 2.81 bits per heavy atom. The molecule has 3 aromatic heterocycles. The number of aromatic amines is 1. The normalized spacial score (nSPS) is 13.0. The molecule has 0 aliphatic carbocycles. The summed E-state index contributed by atoms with van der Waals surface area (Å²) in [6.45, 7) is 6.18. The molecule has 4 aromatic rings. The molecule has 0 fully saturated rings. The van der Waals surface area contributed by atoms with E-state index in [4.69, 9.17) is 14.5 Å². The lowest BCUT2D eigenvalue weighted by molar-refractivity contribution is 0.248. The van der Waals surface area contributed by atoms with Crippen molar-refractivity contribution < 1.29 is 9.52 Å². The zero-order valence-electron chi connectivity index (χ0n) is 15.0. The van der Waals surface area contributed by atoms with Crippen molar-refractivity contribution in [3.63, 3.8) is 0 Å². The third kappa shape index (κ3) is 2.90. The molecule has 0 amide bonds. The van der Waals surface area contributed by atoms with E-state index in [2.05, 4.69) is 48.2 Å². The molecule has 0 unspecified atom stereocenters. The zero-order chi connectivity index (χ0) is 18.3. The molecule has 0 aliphatic heterocycles. The van der Waals surface area contributed by atoms with Crippen LogP contribution in [0.3, 0.4) is 0 Å². The molecule has 1 atom stereocenters. The van der Waals surface area contributed by atoms with E-state index in [1.807, 2.05) is 16.9 Å². The quantitative estimate of drug-likeness (QED) is 0.574. The summed E-state index contributed by atoms with van der Waals surface area (Å²) in [7, 11) is 0. The highest BCUT2D eigenvalue weighted by Crippen LogP contribution is 2.28. The van der Waals surface area contributed by atoms with Crippen molar-refractivity contribution in [3.05, 3.63) is 53.7 Å². The van der Waals surface area contributed by atoms with Crippen LogP contribution in [0.4, 0.5) is 0 Å². The molecule has 26 heavy (non-hydrogen) atoms. The largest absolute Gasteiger partial charge is 0.457 e. The fourth-order valence-electron chi connectivity index (χ4n) is 3.16. The summed E-state index contributed by atoms with van der Waals surface area (Å²) >= 11 is 0. The molecule has 4 rings (SSSR count). The van der Waals surface area contributed by atoms with Gasteiger partial charge in [0.15, 0.2) is 5.76 Å². The molecule has 1 aromatic carbocycles. The second kappa shape index (κ2) is 6.42. The Morgan fingerprint density at radius 1 is 1.23 bits per heavy atom. The average molecular weight is 351 g/mol. The van der Waals surface area contributed by atoms with E-state index in [0.717, 1.165) is 16.9 Å². The van der Waals surface area contributed by atoms with E-state index in [1.165, 1.54) is 5.56 Å². The van der Waals surface area contributed by atoms with Crippen molar-refractivity contribution in [3.8, 4) is 11.5 Å². The fourth-order valence-corrected chi connectivity index (χ4v) is 3.16. The molecule has 3 heterocycles. The number of benzene rings is 1. The van der Waals surface area contributed by atoms with Crippen LogP contribution in [0.2, 0.25) is 0 Å². The number of fused-ring (bicyclic) bond motifs is 1. The summed E-state index contributed by atoms with van der Waals surface area (Å²) in [6, 6.07) is 9.62. The van der Waals surface area contributed by atoms with Gasteiger partial charge in [-0.2, -0.15) is 0 Å². The van der Waals surface area contributed by atoms with E-state index in [1.54, 1.807) is 12.1 Å². The minimum atomic E-state index is -0.138. The molecular weight excluding hydrogens is 330 g/mol. The minimum Gasteiger partial charge on any atom is -0.457 e. The van der Waals surface area contributed by atoms with Gasteiger partial charge in [-0.1, -0.05) is 25.1 Å². The van der Waals surface area contributed by atoms with Crippen molar-refractivity contribution in [2.45, 2.75) is 33.4 Å². The van der Waals surface area contributed by atoms with E-state index < -0.39 is 0 Å². The van der Waals surface area contributed by atoms with Gasteiger partial charge in [0.05, 0.1) is 17.2 Å². The Kier molecular flexibility index (Phi) is 4.08. The SMILES string of the molecule is Cc1ccc2nc([C@@H](C(C)C)n3cc(-c4ccc(CO)o4)nn3)[nH]c2c1. The van der Waals surface area contributed by atoms with Gasteiger partial charge in [-0.05, 0) is 42.7 Å².